The van der Waals surface area contributed by atoms with Gasteiger partial charge in [-0.05, 0) is 45.0 Å². The molecule has 2 N–H and O–H groups in total. The van der Waals surface area contributed by atoms with Gasteiger partial charge < -0.3 is 15.5 Å². The van der Waals surface area contributed by atoms with Gasteiger partial charge in [0.25, 0.3) is 0 Å². The van der Waals surface area contributed by atoms with E-state index in [-0.39, 0.29) is 0 Å². The van der Waals surface area contributed by atoms with Crippen molar-refractivity contribution in [2.75, 3.05) is 33.2 Å². The summed E-state index contributed by atoms with van der Waals surface area (Å²) in [5.74, 6) is 0.854. The van der Waals surface area contributed by atoms with Crippen LogP contribution in [0.5, 0.6) is 0 Å². The van der Waals surface area contributed by atoms with Gasteiger partial charge in [-0.1, -0.05) is 0 Å². The molecular formula is C14H26N6. The van der Waals surface area contributed by atoms with Crippen LogP contribution in [-0.4, -0.2) is 53.9 Å². The number of rotatable bonds is 6. The number of aromatic nitrogens is 2. The summed E-state index contributed by atoms with van der Waals surface area (Å²) in [4.78, 5) is 6.77. The number of likely N-dealkylation sites (tertiary alicyclic amines) is 1. The Morgan fingerprint density at radius 3 is 2.80 bits per heavy atom. The van der Waals surface area contributed by atoms with Gasteiger partial charge >= 0.3 is 0 Å². The first-order valence-electron chi connectivity index (χ1n) is 7.43. The number of aryl methyl sites for hydroxylation is 1. The quantitative estimate of drug-likeness (QED) is 0.454. The maximum atomic E-state index is 4.24. The number of hydrogen-bond donors (Lipinski definition) is 2. The predicted molar refractivity (Wildman–Crippen MR) is 81.7 cm³/mol. The van der Waals surface area contributed by atoms with E-state index in [1.807, 2.05) is 24.0 Å². The van der Waals surface area contributed by atoms with Crippen molar-refractivity contribution >= 4 is 5.96 Å². The molecule has 1 fully saturated rings. The summed E-state index contributed by atoms with van der Waals surface area (Å²) in [7, 11) is 3.75. The average molecular weight is 278 g/mol. The van der Waals surface area contributed by atoms with Crippen molar-refractivity contribution in [1.29, 1.82) is 0 Å². The van der Waals surface area contributed by atoms with E-state index < -0.39 is 0 Å². The smallest absolute Gasteiger partial charge is 0.191 e. The van der Waals surface area contributed by atoms with Gasteiger partial charge in [-0.2, -0.15) is 5.10 Å². The standard InChI is InChI=1S/C14H26N6/c1-15-14(17-12-13-6-8-18-19(13)2)16-7-5-11-20-9-3-4-10-20/h6,8H,3-5,7,9-12H2,1-2H3,(H2,15,16,17). The molecule has 0 aliphatic carbocycles. The molecule has 1 aliphatic heterocycles. The Balaban J connectivity index is 1.61. The highest BCUT2D eigenvalue weighted by molar-refractivity contribution is 5.79. The van der Waals surface area contributed by atoms with Crippen molar-refractivity contribution < 1.29 is 0 Å². The molecule has 2 rings (SSSR count). The van der Waals surface area contributed by atoms with Gasteiger partial charge in [0.05, 0.1) is 12.2 Å². The second-order valence-electron chi connectivity index (χ2n) is 5.20. The van der Waals surface area contributed by atoms with Crippen LogP contribution in [0.25, 0.3) is 0 Å². The molecule has 20 heavy (non-hydrogen) atoms. The zero-order valence-electron chi connectivity index (χ0n) is 12.6. The molecule has 6 nitrogen and oxygen atoms in total. The molecule has 0 radical (unpaired) electrons. The topological polar surface area (TPSA) is 57.5 Å². The summed E-state index contributed by atoms with van der Waals surface area (Å²) in [6.45, 7) is 5.43. The summed E-state index contributed by atoms with van der Waals surface area (Å²) in [6.07, 6.45) is 5.69. The maximum absolute atomic E-state index is 4.24. The second kappa shape index (κ2) is 7.89. The molecular weight excluding hydrogens is 252 g/mol. The minimum atomic E-state index is 0.738. The lowest BCUT2D eigenvalue weighted by Gasteiger charge is -2.16. The predicted octanol–water partition coefficient (Wildman–Crippen LogP) is 0.571. The first kappa shape index (κ1) is 14.8. The highest BCUT2D eigenvalue weighted by atomic mass is 15.3. The lowest BCUT2D eigenvalue weighted by atomic mass is 10.4. The molecule has 1 saturated heterocycles. The molecule has 6 heteroatoms. The van der Waals surface area contributed by atoms with Gasteiger partial charge in [0.15, 0.2) is 5.96 Å². The minimum absolute atomic E-state index is 0.738. The minimum Gasteiger partial charge on any atom is -0.356 e. The molecule has 0 spiro atoms. The maximum Gasteiger partial charge on any atom is 0.191 e. The SMILES string of the molecule is CN=C(NCCCN1CCCC1)NCc1ccnn1C. The summed E-state index contributed by atoms with van der Waals surface area (Å²) in [5.41, 5.74) is 1.14. The number of guanidine groups is 1. The monoisotopic (exact) mass is 278 g/mol. The van der Waals surface area contributed by atoms with Gasteiger partial charge in [-0.25, -0.2) is 0 Å². The van der Waals surface area contributed by atoms with Gasteiger partial charge in [-0.15, -0.1) is 0 Å². The summed E-state index contributed by atoms with van der Waals surface area (Å²) < 4.78 is 1.87. The third kappa shape index (κ3) is 4.52. The Hall–Kier alpha value is -1.56. The van der Waals surface area contributed by atoms with Crippen LogP contribution in [0, 0.1) is 0 Å². The molecule has 2 heterocycles. The number of hydrogen-bond acceptors (Lipinski definition) is 3. The Morgan fingerprint density at radius 1 is 1.35 bits per heavy atom. The Bertz CT molecular complexity index is 419. The number of aliphatic imine (C=N–C) groups is 1. The van der Waals surface area contributed by atoms with Crippen LogP contribution in [-0.2, 0) is 13.6 Å². The summed E-state index contributed by atoms with van der Waals surface area (Å²) in [6, 6.07) is 2.01. The van der Waals surface area contributed by atoms with Crippen LogP contribution >= 0.6 is 0 Å². The lowest BCUT2D eigenvalue weighted by Crippen LogP contribution is -2.38. The van der Waals surface area contributed by atoms with E-state index in [2.05, 4.69) is 25.6 Å². The van der Waals surface area contributed by atoms with Gasteiger partial charge in [0, 0.05) is 26.8 Å². The van der Waals surface area contributed by atoms with Gasteiger partial charge in [0.2, 0.25) is 0 Å². The summed E-state index contributed by atoms with van der Waals surface area (Å²) >= 11 is 0. The Kier molecular flexibility index (Phi) is 5.86. The molecule has 0 saturated carbocycles. The molecule has 112 valence electrons. The molecule has 0 atom stereocenters. The normalized spacial score (nSPS) is 16.6. The van der Waals surface area contributed by atoms with Crippen LogP contribution in [0.2, 0.25) is 0 Å². The van der Waals surface area contributed by atoms with E-state index in [0.29, 0.717) is 0 Å². The van der Waals surface area contributed by atoms with Crippen molar-refractivity contribution in [2.45, 2.75) is 25.8 Å². The summed E-state index contributed by atoms with van der Waals surface area (Å²) in [5, 5.41) is 10.8. The van der Waals surface area contributed by atoms with E-state index in [0.717, 1.165) is 31.2 Å². The third-order valence-corrected chi connectivity index (χ3v) is 3.73. The van der Waals surface area contributed by atoms with Crippen molar-refractivity contribution in [3.8, 4) is 0 Å². The highest BCUT2D eigenvalue weighted by Crippen LogP contribution is 2.06. The Morgan fingerprint density at radius 2 is 2.15 bits per heavy atom. The van der Waals surface area contributed by atoms with E-state index in [9.17, 15) is 0 Å². The van der Waals surface area contributed by atoms with E-state index in [1.54, 1.807) is 7.05 Å². The zero-order valence-corrected chi connectivity index (χ0v) is 12.6. The van der Waals surface area contributed by atoms with Gasteiger partial charge in [-0.3, -0.25) is 9.67 Å². The zero-order chi connectivity index (χ0) is 14.2. The molecule has 0 aromatic carbocycles. The van der Waals surface area contributed by atoms with Crippen LogP contribution in [0.1, 0.15) is 25.0 Å². The van der Waals surface area contributed by atoms with Crippen LogP contribution in [0.3, 0.4) is 0 Å². The third-order valence-electron chi connectivity index (χ3n) is 3.73. The molecule has 1 aliphatic rings. The van der Waals surface area contributed by atoms with Crippen LogP contribution in [0.4, 0.5) is 0 Å². The van der Waals surface area contributed by atoms with Crippen molar-refractivity contribution in [3.05, 3.63) is 18.0 Å². The fourth-order valence-corrected chi connectivity index (χ4v) is 2.49. The first-order valence-corrected chi connectivity index (χ1v) is 7.43. The molecule has 1 aromatic rings. The Labute approximate surface area is 121 Å². The number of nitrogens with zero attached hydrogens (tertiary/aromatic N) is 4. The number of nitrogens with one attached hydrogen (secondary N) is 2. The molecule has 0 amide bonds. The largest absolute Gasteiger partial charge is 0.356 e. The van der Waals surface area contributed by atoms with E-state index >= 15 is 0 Å². The molecule has 1 aromatic heterocycles. The first-order chi connectivity index (χ1) is 9.79. The van der Waals surface area contributed by atoms with Crippen molar-refractivity contribution in [3.63, 3.8) is 0 Å². The van der Waals surface area contributed by atoms with Crippen molar-refractivity contribution in [1.82, 2.24) is 25.3 Å². The van der Waals surface area contributed by atoms with Crippen LogP contribution in [0.15, 0.2) is 17.3 Å². The molecule has 0 bridgehead atoms. The van der Waals surface area contributed by atoms with Crippen molar-refractivity contribution in [2.24, 2.45) is 12.0 Å². The molecule has 0 unspecified atom stereocenters. The van der Waals surface area contributed by atoms with Gasteiger partial charge in [0.1, 0.15) is 0 Å². The average Bonchev–Trinajstić information content (AvgIpc) is 3.10. The lowest BCUT2D eigenvalue weighted by molar-refractivity contribution is 0.334. The second-order valence-corrected chi connectivity index (χ2v) is 5.20. The fraction of sp³-hybridized carbons (Fsp3) is 0.714. The van der Waals surface area contributed by atoms with Crippen LogP contribution < -0.4 is 10.6 Å². The van der Waals surface area contributed by atoms with E-state index in [1.165, 1.54) is 32.5 Å². The highest BCUT2D eigenvalue weighted by Gasteiger charge is 2.10. The fourth-order valence-electron chi connectivity index (χ4n) is 2.49. The van der Waals surface area contributed by atoms with E-state index in [4.69, 9.17) is 0 Å².